The predicted octanol–water partition coefficient (Wildman–Crippen LogP) is 3.99. The Labute approximate surface area is 217 Å². The summed E-state index contributed by atoms with van der Waals surface area (Å²) < 4.78 is 10.9. The van der Waals surface area contributed by atoms with Crippen molar-refractivity contribution in [1.82, 2.24) is 9.91 Å². The smallest absolute Gasteiger partial charge is 0.269 e. The van der Waals surface area contributed by atoms with E-state index in [1.165, 1.54) is 42.6 Å². The molecule has 2 heterocycles. The van der Waals surface area contributed by atoms with Crippen molar-refractivity contribution in [2.24, 2.45) is 5.10 Å². The van der Waals surface area contributed by atoms with Crippen LogP contribution < -0.4 is 9.47 Å². The van der Waals surface area contributed by atoms with Crippen LogP contribution in [-0.2, 0) is 11.2 Å². The van der Waals surface area contributed by atoms with Crippen molar-refractivity contribution >= 4 is 23.5 Å². The number of benzene rings is 3. The first kappa shape index (κ1) is 24.8. The van der Waals surface area contributed by atoms with E-state index in [2.05, 4.69) is 5.10 Å². The Kier molecular flexibility index (Phi) is 6.47. The van der Waals surface area contributed by atoms with Crippen LogP contribution in [0.2, 0.25) is 0 Å². The van der Waals surface area contributed by atoms with Gasteiger partial charge in [-0.2, -0.15) is 5.10 Å². The molecule has 1 saturated heterocycles. The Balaban J connectivity index is 1.57. The number of nitrogens with zero attached hydrogens (tertiary/aromatic N) is 5. The van der Waals surface area contributed by atoms with Crippen molar-refractivity contribution in [2.45, 2.75) is 18.6 Å². The van der Waals surface area contributed by atoms with Gasteiger partial charge in [-0.15, -0.1) is 0 Å². The van der Waals surface area contributed by atoms with Crippen molar-refractivity contribution in [1.29, 1.82) is 0 Å². The predicted molar refractivity (Wildman–Crippen MR) is 136 cm³/mol. The number of amides is 1. The maximum atomic E-state index is 13.9. The summed E-state index contributed by atoms with van der Waals surface area (Å²) in [4.78, 5) is 37.1. The van der Waals surface area contributed by atoms with Crippen LogP contribution in [0, 0.1) is 20.2 Å². The van der Waals surface area contributed by atoms with Crippen molar-refractivity contribution in [3.8, 4) is 11.5 Å². The summed E-state index contributed by atoms with van der Waals surface area (Å²) >= 11 is 0. The summed E-state index contributed by atoms with van der Waals surface area (Å²) in [5, 5.41) is 28.0. The number of fused-ring (bicyclic) bond motifs is 3. The molecule has 1 fully saturated rings. The molecule has 194 valence electrons. The molecule has 5 rings (SSSR count). The number of hydrogen-bond donors (Lipinski definition) is 0. The van der Waals surface area contributed by atoms with E-state index in [4.69, 9.17) is 9.47 Å². The second-order valence-corrected chi connectivity index (χ2v) is 8.79. The Bertz CT molecular complexity index is 1440. The average molecular weight is 517 g/mol. The minimum absolute atomic E-state index is 0.0544. The monoisotopic (exact) mass is 517 g/mol. The standard InChI is InChI=1S/C26H23N5O7/c1-37-22-13-18-11-12-28-24(21(18)14-23(22)38-2)26(32)29(25(28)17-5-9-20(10-6-17)31(35)36)27-15-16-3-7-19(8-4-16)30(33)34/h3-10,13-15,24-25H,11-12H2,1-2H3/b27-15+/t24-,25-/m0/s1. The van der Waals surface area contributed by atoms with Crippen LogP contribution in [0.4, 0.5) is 11.4 Å². The molecule has 0 saturated carbocycles. The van der Waals surface area contributed by atoms with Gasteiger partial charge in [-0.05, 0) is 65.1 Å². The highest BCUT2D eigenvalue weighted by molar-refractivity contribution is 5.89. The molecule has 0 bridgehead atoms. The van der Waals surface area contributed by atoms with Gasteiger partial charge in [0, 0.05) is 30.8 Å². The lowest BCUT2D eigenvalue weighted by molar-refractivity contribution is -0.385. The number of carbonyl (C=O) groups excluding carboxylic acids is 1. The number of non-ortho nitro benzene ring substituents is 2. The Morgan fingerprint density at radius 1 is 0.921 bits per heavy atom. The van der Waals surface area contributed by atoms with Gasteiger partial charge in [0.2, 0.25) is 0 Å². The Morgan fingerprint density at radius 2 is 1.50 bits per heavy atom. The summed E-state index contributed by atoms with van der Waals surface area (Å²) in [6.07, 6.45) is 1.49. The summed E-state index contributed by atoms with van der Waals surface area (Å²) in [5.74, 6) is 0.797. The molecular formula is C26H23N5O7. The molecule has 2 aliphatic rings. The highest BCUT2D eigenvalue weighted by atomic mass is 16.6. The summed E-state index contributed by atoms with van der Waals surface area (Å²) in [7, 11) is 3.08. The number of hydrazone groups is 1. The normalized spacial score (nSPS) is 18.8. The number of nitro groups is 2. The summed E-state index contributed by atoms with van der Waals surface area (Å²) in [5.41, 5.74) is 2.86. The van der Waals surface area contributed by atoms with E-state index in [9.17, 15) is 25.0 Å². The second-order valence-electron chi connectivity index (χ2n) is 8.79. The lowest BCUT2D eigenvalue weighted by atomic mass is 9.92. The zero-order valence-corrected chi connectivity index (χ0v) is 20.5. The van der Waals surface area contributed by atoms with E-state index < -0.39 is 22.1 Å². The quantitative estimate of drug-likeness (QED) is 0.260. The molecule has 3 aromatic carbocycles. The minimum Gasteiger partial charge on any atom is -0.493 e. The van der Waals surface area contributed by atoms with Crippen LogP contribution >= 0.6 is 0 Å². The van der Waals surface area contributed by atoms with Crippen LogP contribution in [0.1, 0.15) is 34.5 Å². The van der Waals surface area contributed by atoms with Gasteiger partial charge in [0.05, 0.1) is 30.3 Å². The lowest BCUT2D eigenvalue weighted by Crippen LogP contribution is -2.35. The highest BCUT2D eigenvalue weighted by Crippen LogP contribution is 2.47. The van der Waals surface area contributed by atoms with Crippen molar-refractivity contribution in [3.05, 3.63) is 103 Å². The number of hydrogen-bond acceptors (Lipinski definition) is 9. The first-order chi connectivity index (χ1) is 18.3. The third-order valence-corrected chi connectivity index (χ3v) is 6.75. The fraction of sp³-hybridized carbons (Fsp3) is 0.231. The average Bonchev–Trinajstić information content (AvgIpc) is 3.22. The summed E-state index contributed by atoms with van der Waals surface area (Å²) in [6, 6.07) is 14.9. The number of rotatable bonds is 7. The molecule has 0 radical (unpaired) electrons. The van der Waals surface area contributed by atoms with Crippen LogP contribution in [0.5, 0.6) is 11.5 Å². The van der Waals surface area contributed by atoms with E-state index in [0.717, 1.165) is 11.1 Å². The molecule has 0 aromatic heterocycles. The number of methoxy groups -OCH3 is 2. The van der Waals surface area contributed by atoms with Crippen LogP contribution in [0.25, 0.3) is 0 Å². The molecule has 1 amide bonds. The molecule has 2 atom stereocenters. The fourth-order valence-electron chi connectivity index (χ4n) is 4.92. The van der Waals surface area contributed by atoms with Gasteiger partial charge in [0.15, 0.2) is 11.5 Å². The van der Waals surface area contributed by atoms with Gasteiger partial charge < -0.3 is 9.47 Å². The van der Waals surface area contributed by atoms with Crippen LogP contribution in [0.15, 0.2) is 65.8 Å². The maximum absolute atomic E-state index is 13.9. The first-order valence-electron chi connectivity index (χ1n) is 11.7. The van der Waals surface area contributed by atoms with E-state index >= 15 is 0 Å². The van der Waals surface area contributed by atoms with Gasteiger partial charge in [-0.25, -0.2) is 5.01 Å². The molecular weight excluding hydrogens is 494 g/mol. The minimum atomic E-state index is -0.659. The molecule has 0 spiro atoms. The number of ether oxygens (including phenoxy) is 2. The molecule has 38 heavy (non-hydrogen) atoms. The lowest BCUT2D eigenvalue weighted by Gasteiger charge is -2.34. The van der Waals surface area contributed by atoms with Crippen LogP contribution in [-0.4, -0.2) is 52.6 Å². The van der Waals surface area contributed by atoms with Gasteiger partial charge in [-0.3, -0.25) is 29.9 Å². The first-order valence-corrected chi connectivity index (χ1v) is 11.7. The molecule has 12 heteroatoms. The van der Waals surface area contributed by atoms with Crippen LogP contribution in [0.3, 0.4) is 0 Å². The van der Waals surface area contributed by atoms with E-state index in [1.54, 1.807) is 37.4 Å². The SMILES string of the molecule is COc1cc2c(cc1OC)[C@H]1C(=O)N(/N=C/c3ccc([N+](=O)[O-])cc3)[C@@H](c3ccc([N+](=O)[O-])cc3)N1CC2. The van der Waals surface area contributed by atoms with Crippen molar-refractivity contribution in [2.75, 3.05) is 20.8 Å². The third kappa shape index (κ3) is 4.30. The largest absolute Gasteiger partial charge is 0.493 e. The third-order valence-electron chi connectivity index (χ3n) is 6.75. The summed E-state index contributed by atoms with van der Waals surface area (Å²) in [6.45, 7) is 0.532. The zero-order chi connectivity index (χ0) is 27.0. The van der Waals surface area contributed by atoms with Gasteiger partial charge in [0.25, 0.3) is 17.3 Å². The topological polar surface area (TPSA) is 141 Å². The van der Waals surface area contributed by atoms with Gasteiger partial charge in [-0.1, -0.05) is 0 Å². The van der Waals surface area contributed by atoms with Gasteiger partial charge >= 0.3 is 0 Å². The molecule has 2 aliphatic heterocycles. The Morgan fingerprint density at radius 3 is 2.08 bits per heavy atom. The molecule has 12 nitrogen and oxygen atoms in total. The molecule has 3 aromatic rings. The molecule has 0 N–H and O–H groups in total. The fourth-order valence-corrected chi connectivity index (χ4v) is 4.92. The van der Waals surface area contributed by atoms with E-state index in [0.29, 0.717) is 35.6 Å². The van der Waals surface area contributed by atoms with Crippen molar-refractivity contribution in [3.63, 3.8) is 0 Å². The van der Waals surface area contributed by atoms with Crippen molar-refractivity contribution < 1.29 is 24.1 Å². The molecule has 0 unspecified atom stereocenters. The van der Waals surface area contributed by atoms with Gasteiger partial charge in [0.1, 0.15) is 12.2 Å². The van der Waals surface area contributed by atoms with E-state index in [1.807, 2.05) is 11.0 Å². The zero-order valence-electron chi connectivity index (χ0n) is 20.5. The highest BCUT2D eigenvalue weighted by Gasteiger charge is 2.50. The second kappa shape index (κ2) is 9.90. The Hall–Kier alpha value is -4.84. The number of nitro benzene ring substituents is 2. The maximum Gasteiger partial charge on any atom is 0.269 e. The van der Waals surface area contributed by atoms with E-state index in [-0.39, 0.29) is 17.3 Å². The number of carbonyl (C=O) groups is 1. The molecule has 0 aliphatic carbocycles.